The first-order valence-corrected chi connectivity index (χ1v) is 3.54. The van der Waals surface area contributed by atoms with Gasteiger partial charge < -0.3 is 5.32 Å². The van der Waals surface area contributed by atoms with Gasteiger partial charge in [0, 0.05) is 13.1 Å². The maximum absolute atomic E-state index is 3.17. The van der Waals surface area contributed by atoms with Crippen LogP contribution in [0, 0.1) is 5.92 Å². The number of nitrogens with one attached hydrogen (secondary N) is 3. The zero-order valence-electron chi connectivity index (χ0n) is 5.91. The summed E-state index contributed by atoms with van der Waals surface area (Å²) in [5, 5.41) is 3.17. The molecule has 1 saturated heterocycles. The predicted molar refractivity (Wildman–Crippen MR) is 38.0 cm³/mol. The van der Waals surface area contributed by atoms with Crippen LogP contribution in [0.25, 0.3) is 0 Å². The highest BCUT2D eigenvalue weighted by molar-refractivity contribution is 4.67. The summed E-state index contributed by atoms with van der Waals surface area (Å²) in [6.45, 7) is 3.34. The fraction of sp³-hybridized carbons (Fsp3) is 1.00. The maximum atomic E-state index is 3.17. The Bertz CT molecular complexity index is 65.9. The summed E-state index contributed by atoms with van der Waals surface area (Å²) in [6.07, 6.45) is 1.29. The summed E-state index contributed by atoms with van der Waals surface area (Å²) in [7, 11) is 2.00. The van der Waals surface area contributed by atoms with E-state index in [4.69, 9.17) is 0 Å². The van der Waals surface area contributed by atoms with Gasteiger partial charge >= 0.3 is 0 Å². The lowest BCUT2D eigenvalue weighted by Gasteiger charge is -2.22. The maximum Gasteiger partial charge on any atom is 0.0141 e. The van der Waals surface area contributed by atoms with Crippen LogP contribution < -0.4 is 16.2 Å². The van der Waals surface area contributed by atoms with Crippen molar-refractivity contribution in [3.05, 3.63) is 0 Å². The van der Waals surface area contributed by atoms with Crippen LogP contribution in [0.15, 0.2) is 0 Å². The van der Waals surface area contributed by atoms with Crippen molar-refractivity contribution in [3.8, 4) is 0 Å². The quantitative estimate of drug-likeness (QED) is 0.462. The van der Waals surface area contributed by atoms with E-state index in [1.807, 2.05) is 7.05 Å². The summed E-state index contributed by atoms with van der Waals surface area (Å²) in [4.78, 5) is 0. The molecule has 3 N–H and O–H groups in total. The molecule has 1 heterocycles. The molecule has 1 aliphatic heterocycles. The van der Waals surface area contributed by atoms with Crippen LogP contribution in [0.4, 0.5) is 0 Å². The topological polar surface area (TPSA) is 36.1 Å². The molecule has 0 aromatic rings. The average molecular weight is 129 g/mol. The van der Waals surface area contributed by atoms with Crippen molar-refractivity contribution >= 4 is 0 Å². The molecule has 1 rings (SSSR count). The Kier molecular flexibility index (Phi) is 2.97. The second kappa shape index (κ2) is 3.82. The molecular formula is C6H15N3. The molecule has 1 atom stereocenters. The molecule has 0 aromatic heterocycles. The molecule has 0 aromatic carbocycles. The van der Waals surface area contributed by atoms with Gasteiger partial charge in [-0.15, -0.1) is 0 Å². The van der Waals surface area contributed by atoms with Crippen molar-refractivity contribution in [1.29, 1.82) is 0 Å². The van der Waals surface area contributed by atoms with Crippen molar-refractivity contribution in [1.82, 2.24) is 16.2 Å². The van der Waals surface area contributed by atoms with Crippen LogP contribution in [0.3, 0.4) is 0 Å². The third-order valence-corrected chi connectivity index (χ3v) is 1.69. The van der Waals surface area contributed by atoms with Gasteiger partial charge in [-0.3, -0.25) is 10.9 Å². The molecule has 1 fully saturated rings. The molecule has 0 amide bonds. The minimum absolute atomic E-state index is 0.816. The van der Waals surface area contributed by atoms with Gasteiger partial charge in [0.2, 0.25) is 0 Å². The minimum Gasteiger partial charge on any atom is -0.319 e. The normalized spacial score (nSPS) is 28.3. The molecule has 0 aliphatic carbocycles. The van der Waals surface area contributed by atoms with Crippen molar-refractivity contribution in [3.63, 3.8) is 0 Å². The summed E-state index contributed by atoms with van der Waals surface area (Å²) >= 11 is 0. The molecule has 3 nitrogen and oxygen atoms in total. The zero-order chi connectivity index (χ0) is 6.53. The van der Waals surface area contributed by atoms with Gasteiger partial charge in [-0.1, -0.05) is 0 Å². The smallest absolute Gasteiger partial charge is 0.0141 e. The molecule has 0 bridgehead atoms. The monoisotopic (exact) mass is 129 g/mol. The second-order valence-corrected chi connectivity index (χ2v) is 2.52. The SMILES string of the molecule is CNCC1CCNNC1. The van der Waals surface area contributed by atoms with E-state index in [9.17, 15) is 0 Å². The lowest BCUT2D eigenvalue weighted by molar-refractivity contribution is 0.329. The Morgan fingerprint density at radius 2 is 2.44 bits per heavy atom. The summed E-state index contributed by atoms with van der Waals surface area (Å²) in [5.41, 5.74) is 6.22. The summed E-state index contributed by atoms with van der Waals surface area (Å²) < 4.78 is 0. The first kappa shape index (κ1) is 6.99. The van der Waals surface area contributed by atoms with E-state index in [-0.39, 0.29) is 0 Å². The molecular weight excluding hydrogens is 114 g/mol. The molecule has 9 heavy (non-hydrogen) atoms. The van der Waals surface area contributed by atoms with E-state index in [0.29, 0.717) is 0 Å². The van der Waals surface area contributed by atoms with E-state index in [1.54, 1.807) is 0 Å². The highest BCUT2D eigenvalue weighted by Gasteiger charge is 2.09. The first-order valence-electron chi connectivity index (χ1n) is 3.54. The molecule has 0 radical (unpaired) electrons. The van der Waals surface area contributed by atoms with Crippen molar-refractivity contribution in [2.45, 2.75) is 6.42 Å². The lowest BCUT2D eigenvalue weighted by Crippen LogP contribution is -2.45. The fourth-order valence-corrected chi connectivity index (χ4v) is 1.15. The van der Waals surface area contributed by atoms with Crippen LogP contribution in [-0.4, -0.2) is 26.7 Å². The number of rotatable bonds is 2. The largest absolute Gasteiger partial charge is 0.319 e. The first-order chi connectivity index (χ1) is 4.43. The summed E-state index contributed by atoms with van der Waals surface area (Å²) in [5.74, 6) is 0.816. The highest BCUT2D eigenvalue weighted by atomic mass is 15.4. The standard InChI is InChI=1S/C6H15N3/c1-7-4-6-2-3-8-9-5-6/h6-9H,2-5H2,1H3. The van der Waals surface area contributed by atoms with Crippen LogP contribution in [-0.2, 0) is 0 Å². The van der Waals surface area contributed by atoms with Crippen molar-refractivity contribution in [2.24, 2.45) is 5.92 Å². The molecule has 0 saturated carbocycles. The predicted octanol–water partition coefficient (Wildman–Crippen LogP) is -0.680. The molecule has 0 spiro atoms. The summed E-state index contributed by atoms with van der Waals surface area (Å²) in [6, 6.07) is 0. The number of hydrogen-bond acceptors (Lipinski definition) is 3. The van der Waals surface area contributed by atoms with Crippen LogP contribution in [0.5, 0.6) is 0 Å². The Hall–Kier alpha value is -0.120. The highest BCUT2D eigenvalue weighted by Crippen LogP contribution is 2.00. The third kappa shape index (κ3) is 2.30. The van der Waals surface area contributed by atoms with Crippen molar-refractivity contribution in [2.75, 3.05) is 26.7 Å². The van der Waals surface area contributed by atoms with E-state index >= 15 is 0 Å². The second-order valence-electron chi connectivity index (χ2n) is 2.52. The Morgan fingerprint density at radius 1 is 1.56 bits per heavy atom. The zero-order valence-corrected chi connectivity index (χ0v) is 5.91. The number of hydrogen-bond donors (Lipinski definition) is 3. The van der Waals surface area contributed by atoms with Gasteiger partial charge in [-0.05, 0) is 25.9 Å². The van der Waals surface area contributed by atoms with Gasteiger partial charge in [0.25, 0.3) is 0 Å². The van der Waals surface area contributed by atoms with E-state index < -0.39 is 0 Å². The van der Waals surface area contributed by atoms with Crippen LogP contribution in [0.1, 0.15) is 6.42 Å². The minimum atomic E-state index is 0.816. The Morgan fingerprint density at radius 3 is 3.00 bits per heavy atom. The van der Waals surface area contributed by atoms with Gasteiger partial charge in [0.1, 0.15) is 0 Å². The molecule has 1 unspecified atom stereocenters. The third-order valence-electron chi connectivity index (χ3n) is 1.69. The molecule has 3 heteroatoms. The van der Waals surface area contributed by atoms with Gasteiger partial charge in [-0.2, -0.15) is 0 Å². The van der Waals surface area contributed by atoms with Crippen LogP contribution >= 0.6 is 0 Å². The molecule has 1 aliphatic rings. The van der Waals surface area contributed by atoms with Gasteiger partial charge in [-0.25, -0.2) is 0 Å². The number of hydrazine groups is 1. The Labute approximate surface area is 56.2 Å². The van der Waals surface area contributed by atoms with Gasteiger partial charge in [0.05, 0.1) is 0 Å². The Balaban J connectivity index is 2.08. The van der Waals surface area contributed by atoms with E-state index in [0.717, 1.165) is 25.6 Å². The molecule has 54 valence electrons. The van der Waals surface area contributed by atoms with E-state index in [1.165, 1.54) is 6.42 Å². The van der Waals surface area contributed by atoms with E-state index in [2.05, 4.69) is 16.2 Å². The fourth-order valence-electron chi connectivity index (χ4n) is 1.15. The lowest BCUT2D eigenvalue weighted by atomic mass is 10.1. The van der Waals surface area contributed by atoms with Crippen molar-refractivity contribution < 1.29 is 0 Å². The van der Waals surface area contributed by atoms with Gasteiger partial charge in [0.15, 0.2) is 0 Å². The van der Waals surface area contributed by atoms with Crippen LogP contribution in [0.2, 0.25) is 0 Å². The average Bonchev–Trinajstić information content (AvgIpc) is 1.91.